The first kappa shape index (κ1) is 39.3. The molecule has 2 N–H and O–H groups in total. The van der Waals surface area contributed by atoms with Gasteiger partial charge >= 0.3 is 5.69 Å². The van der Waals surface area contributed by atoms with Crippen LogP contribution in [0.3, 0.4) is 0 Å². The second kappa shape index (κ2) is 16.4. The van der Waals surface area contributed by atoms with Crippen molar-refractivity contribution in [3.8, 4) is 11.5 Å². The number of benzene rings is 5. The van der Waals surface area contributed by atoms with Crippen LogP contribution in [0.4, 0.5) is 15.9 Å². The summed E-state index contributed by atoms with van der Waals surface area (Å²) in [4.78, 5) is 33.2. The van der Waals surface area contributed by atoms with Gasteiger partial charge in [-0.05, 0) is 48.0 Å². The number of amides is 1. The van der Waals surface area contributed by atoms with Gasteiger partial charge in [0.25, 0.3) is 5.91 Å². The molecule has 0 aliphatic carbocycles. The molecule has 0 radical (unpaired) electrons. The van der Waals surface area contributed by atoms with Crippen molar-refractivity contribution in [3.05, 3.63) is 184 Å². The zero-order valence-corrected chi connectivity index (χ0v) is 32.7. The number of rotatable bonds is 11. The third kappa shape index (κ3) is 7.14. The van der Waals surface area contributed by atoms with E-state index in [0.717, 1.165) is 5.56 Å². The molecule has 4 heterocycles. The molecule has 0 spiro atoms. The first-order valence-corrected chi connectivity index (χ1v) is 19.9. The van der Waals surface area contributed by atoms with Crippen LogP contribution in [0.25, 0.3) is 0 Å². The van der Waals surface area contributed by atoms with E-state index in [4.69, 9.17) is 23.7 Å². The Hall–Kier alpha value is -6.22. The zero-order valence-electron chi connectivity index (χ0n) is 32.7. The topological polar surface area (TPSA) is 134 Å². The van der Waals surface area contributed by atoms with Crippen LogP contribution in [0.1, 0.15) is 46.1 Å². The van der Waals surface area contributed by atoms with Crippen molar-refractivity contribution in [2.45, 2.75) is 48.8 Å². The molecular weight excluding hydrogens is 768 g/mol. The van der Waals surface area contributed by atoms with E-state index in [9.17, 15) is 19.1 Å². The molecule has 0 saturated carbocycles. The molecule has 2 saturated heterocycles. The van der Waals surface area contributed by atoms with Gasteiger partial charge < -0.3 is 39.0 Å². The molecular formula is C47H43FN4O8. The largest absolute Gasteiger partial charge is 0.457 e. The number of methoxy groups -OCH3 is 1. The quantitative estimate of drug-likeness (QED) is 0.131. The number of piperidine rings is 1. The molecule has 1 aromatic heterocycles. The number of nitrogens with zero attached hydrogens (tertiary/aromatic N) is 3. The Morgan fingerprint density at radius 3 is 2.07 bits per heavy atom. The molecule has 4 atom stereocenters. The Balaban J connectivity index is 1.14. The van der Waals surface area contributed by atoms with Crippen molar-refractivity contribution in [2.75, 3.05) is 37.0 Å². The molecule has 0 unspecified atom stereocenters. The molecule has 12 nitrogen and oxygen atoms in total. The van der Waals surface area contributed by atoms with Crippen molar-refractivity contribution in [2.24, 2.45) is 0 Å². The highest BCUT2D eigenvalue weighted by Crippen LogP contribution is 2.54. The summed E-state index contributed by atoms with van der Waals surface area (Å²) in [5, 5.41) is 13.8. The number of anilines is 2. The van der Waals surface area contributed by atoms with Crippen molar-refractivity contribution in [1.82, 2.24) is 9.55 Å². The molecule has 2 fully saturated rings. The highest BCUT2D eigenvalue weighted by atomic mass is 19.1. The van der Waals surface area contributed by atoms with E-state index in [1.165, 1.54) is 22.9 Å². The lowest BCUT2D eigenvalue weighted by molar-refractivity contribution is -0.282. The number of fused-ring (bicyclic) bond motifs is 2. The minimum absolute atomic E-state index is 0.0411. The van der Waals surface area contributed by atoms with Gasteiger partial charge in [-0.15, -0.1) is 0 Å². The monoisotopic (exact) mass is 810 g/mol. The van der Waals surface area contributed by atoms with Crippen molar-refractivity contribution in [3.63, 3.8) is 0 Å². The maximum atomic E-state index is 14.9. The van der Waals surface area contributed by atoms with Gasteiger partial charge in [0, 0.05) is 55.9 Å². The molecule has 5 aromatic carbocycles. The van der Waals surface area contributed by atoms with Crippen LogP contribution in [0.5, 0.6) is 11.5 Å². The number of para-hydroxylation sites is 3. The minimum atomic E-state index is -1.33. The smallest absolute Gasteiger partial charge is 0.351 e. The molecule has 3 aliphatic rings. The maximum absolute atomic E-state index is 14.9. The summed E-state index contributed by atoms with van der Waals surface area (Å²) >= 11 is 0. The fraction of sp³-hybridized carbons (Fsp3) is 0.255. The average molecular weight is 811 g/mol. The number of aliphatic hydroxyl groups is 1. The highest BCUT2D eigenvalue weighted by molar-refractivity contribution is 6.03. The van der Waals surface area contributed by atoms with E-state index in [2.05, 4.69) is 10.3 Å². The van der Waals surface area contributed by atoms with Crippen LogP contribution in [-0.2, 0) is 24.5 Å². The summed E-state index contributed by atoms with van der Waals surface area (Å²) in [6.07, 6.45) is -2.27. The minimum Gasteiger partial charge on any atom is -0.457 e. The van der Waals surface area contributed by atoms with Gasteiger partial charge in [0.15, 0.2) is 17.6 Å². The molecule has 3 aliphatic heterocycles. The van der Waals surface area contributed by atoms with E-state index in [1.54, 1.807) is 55.6 Å². The second-order valence-corrected chi connectivity index (χ2v) is 14.9. The summed E-state index contributed by atoms with van der Waals surface area (Å²) in [5.74, 6) is -0.803. The van der Waals surface area contributed by atoms with Crippen molar-refractivity contribution >= 4 is 17.4 Å². The summed E-state index contributed by atoms with van der Waals surface area (Å²) in [7, 11) is 1.55. The molecule has 306 valence electrons. The van der Waals surface area contributed by atoms with Crippen LogP contribution < -0.4 is 20.6 Å². The summed E-state index contributed by atoms with van der Waals surface area (Å²) in [5.41, 5.74) is 1.02. The predicted molar refractivity (Wildman–Crippen MR) is 221 cm³/mol. The SMILES string of the molecule is COC1(O[C@@H]2[C@H](OC3(c4ccccc4)c4ccccc4Oc4ccccc43)[C@@H](CO)O[C@H]2n2ccc(NC(=O)c3ccccc3)nc2=O)CCN(c2ccccc2F)CC1. The van der Waals surface area contributed by atoms with E-state index in [1.807, 2.05) is 83.8 Å². The fourth-order valence-electron chi connectivity index (χ4n) is 8.55. The van der Waals surface area contributed by atoms with Gasteiger partial charge in [-0.25, -0.2) is 9.18 Å². The number of hydrogen-bond donors (Lipinski definition) is 2. The van der Waals surface area contributed by atoms with E-state index in [-0.39, 0.29) is 11.6 Å². The summed E-state index contributed by atoms with van der Waals surface area (Å²) in [6, 6.07) is 41.7. The predicted octanol–water partition coefficient (Wildman–Crippen LogP) is 7.04. The van der Waals surface area contributed by atoms with Gasteiger partial charge in [-0.1, -0.05) is 97.1 Å². The number of ether oxygens (including phenoxy) is 5. The van der Waals surface area contributed by atoms with Crippen LogP contribution in [-0.4, -0.2) is 71.5 Å². The van der Waals surface area contributed by atoms with Gasteiger partial charge in [0.2, 0.25) is 0 Å². The number of carbonyl (C=O) groups excluding carboxylic acids is 1. The number of carbonyl (C=O) groups is 1. The van der Waals surface area contributed by atoms with Gasteiger partial charge in [-0.2, -0.15) is 4.98 Å². The lowest BCUT2D eigenvalue weighted by atomic mass is 9.77. The number of aliphatic hydroxyl groups excluding tert-OH is 1. The Kier molecular flexibility index (Phi) is 10.8. The molecule has 6 aromatic rings. The molecule has 9 rings (SSSR count). The molecule has 1 amide bonds. The summed E-state index contributed by atoms with van der Waals surface area (Å²) < 4.78 is 50.2. The van der Waals surface area contributed by atoms with E-state index >= 15 is 0 Å². The van der Waals surface area contributed by atoms with Gasteiger partial charge in [0.05, 0.1) is 12.3 Å². The normalized spacial score (nSPS) is 21.4. The number of halogens is 1. The summed E-state index contributed by atoms with van der Waals surface area (Å²) in [6.45, 7) is 0.288. The van der Waals surface area contributed by atoms with Crippen molar-refractivity contribution < 1.29 is 38.0 Å². The Morgan fingerprint density at radius 1 is 0.817 bits per heavy atom. The standard InChI is InChI=1S/C47H43FN4O8/c1-56-46(25-28-51(29-26-46)36-21-11-10-20-35(36)48)59-42-41(39(30-53)58-44(42)52-27-24-40(50-45(52)55)49-43(54)31-14-4-2-5-15-31)60-47(32-16-6-3-7-17-32)33-18-8-12-22-37(33)57-38-23-13-9-19-34(38)47/h2-24,27,39,41-42,44,53H,25-26,28-30H2,1H3,(H,49,50,54,55)/t39-,41-,42-,44-/m1/s1. The van der Waals surface area contributed by atoms with Crippen LogP contribution in [0, 0.1) is 5.82 Å². The number of aromatic nitrogens is 2. The lowest BCUT2D eigenvalue weighted by Gasteiger charge is -2.46. The van der Waals surface area contributed by atoms with Crippen molar-refractivity contribution in [1.29, 1.82) is 0 Å². The highest BCUT2D eigenvalue weighted by Gasteiger charge is 2.56. The van der Waals surface area contributed by atoms with Gasteiger partial charge in [0.1, 0.15) is 41.4 Å². The van der Waals surface area contributed by atoms with Crippen LogP contribution in [0.2, 0.25) is 0 Å². The Labute approximate surface area is 345 Å². The fourth-order valence-corrected chi connectivity index (χ4v) is 8.55. The van der Waals surface area contributed by atoms with E-state index < -0.39 is 54.1 Å². The first-order chi connectivity index (χ1) is 29.3. The van der Waals surface area contributed by atoms with E-state index in [0.29, 0.717) is 59.8 Å². The van der Waals surface area contributed by atoms with Gasteiger partial charge in [-0.3, -0.25) is 9.36 Å². The molecule has 60 heavy (non-hydrogen) atoms. The Bertz CT molecular complexity index is 2490. The maximum Gasteiger partial charge on any atom is 0.351 e. The third-order valence-electron chi connectivity index (χ3n) is 11.5. The van der Waals surface area contributed by atoms with Crippen LogP contribution in [0.15, 0.2) is 151 Å². The molecule has 13 heteroatoms. The second-order valence-electron chi connectivity index (χ2n) is 14.9. The Morgan fingerprint density at radius 2 is 1.43 bits per heavy atom. The number of hydrogen-bond acceptors (Lipinski definition) is 10. The lowest BCUT2D eigenvalue weighted by Crippen LogP contribution is -2.54. The zero-order chi connectivity index (χ0) is 41.3. The van der Waals surface area contributed by atoms with Crippen LogP contribution >= 0.6 is 0 Å². The number of nitrogens with one attached hydrogen (secondary N) is 1. The third-order valence-corrected chi connectivity index (χ3v) is 11.5. The molecule has 0 bridgehead atoms. The average Bonchev–Trinajstić information content (AvgIpc) is 3.62. The first-order valence-electron chi connectivity index (χ1n) is 19.9.